The quantitative estimate of drug-likeness (QED) is 0.112. The fourth-order valence-electron chi connectivity index (χ4n) is 5.74. The molecule has 1 aromatic carbocycles. The molecule has 1 aromatic heterocycles. The van der Waals surface area contributed by atoms with Crippen LogP contribution >= 0.6 is 11.3 Å². The summed E-state index contributed by atoms with van der Waals surface area (Å²) in [7, 11) is 0. The van der Waals surface area contributed by atoms with Gasteiger partial charge in [-0.2, -0.15) is 0 Å². The van der Waals surface area contributed by atoms with Crippen molar-refractivity contribution in [3.63, 3.8) is 0 Å². The predicted octanol–water partition coefficient (Wildman–Crippen LogP) is 7.00. The van der Waals surface area contributed by atoms with Crippen molar-refractivity contribution in [1.29, 1.82) is 0 Å². The van der Waals surface area contributed by atoms with E-state index in [4.69, 9.17) is 5.73 Å². The zero-order valence-electron chi connectivity index (χ0n) is 29.5. The standard InChI is InChI=1S/C36H58FN5O4S/c1-8-10-12-13-17-42(33(45)14-11-9-2)30(24(3)4)20-31(43)35-41-29(23-47-35)34(46)39-26(21-36(5,6)7)18-25-15-16-28(27(37)19-25)40-32(44)22-38/h15-16,19,23-24,26,30-31,43H,8-14,17-18,20-22,38H2,1-7H3,(H,39,46)(H,40,44). The number of nitrogens with two attached hydrogens (primary N) is 1. The van der Waals surface area contributed by atoms with Gasteiger partial charge in [0, 0.05) is 36.9 Å². The van der Waals surface area contributed by atoms with Crippen LogP contribution in [0.15, 0.2) is 23.6 Å². The van der Waals surface area contributed by atoms with Gasteiger partial charge in [0.15, 0.2) is 0 Å². The number of benzene rings is 1. The van der Waals surface area contributed by atoms with Gasteiger partial charge in [0.25, 0.3) is 5.91 Å². The molecule has 0 saturated heterocycles. The van der Waals surface area contributed by atoms with E-state index in [0.29, 0.717) is 42.8 Å². The number of carbonyl (C=O) groups excluding carboxylic acids is 3. The molecule has 1 heterocycles. The second-order valence-electron chi connectivity index (χ2n) is 14.1. The fourth-order valence-corrected chi connectivity index (χ4v) is 6.53. The highest BCUT2D eigenvalue weighted by atomic mass is 32.1. The molecule has 0 aliphatic heterocycles. The lowest BCUT2D eigenvalue weighted by Gasteiger charge is -2.36. The number of aliphatic hydroxyl groups is 1. The third-order valence-corrected chi connectivity index (χ3v) is 9.11. The van der Waals surface area contributed by atoms with E-state index < -0.39 is 17.8 Å². The number of anilines is 1. The molecule has 0 bridgehead atoms. The van der Waals surface area contributed by atoms with E-state index in [1.54, 1.807) is 11.4 Å². The summed E-state index contributed by atoms with van der Waals surface area (Å²) in [5.74, 6) is -1.16. The largest absolute Gasteiger partial charge is 0.386 e. The number of hydrogen-bond donors (Lipinski definition) is 4. The van der Waals surface area contributed by atoms with Crippen LogP contribution in [0.5, 0.6) is 0 Å². The number of hydrogen-bond acceptors (Lipinski definition) is 7. The summed E-state index contributed by atoms with van der Waals surface area (Å²) in [6.45, 7) is 15.0. The zero-order valence-corrected chi connectivity index (χ0v) is 30.4. The maximum atomic E-state index is 14.7. The van der Waals surface area contributed by atoms with E-state index in [-0.39, 0.29) is 53.2 Å². The van der Waals surface area contributed by atoms with Crippen molar-refractivity contribution in [2.24, 2.45) is 17.1 Å². The topological polar surface area (TPSA) is 138 Å². The van der Waals surface area contributed by atoms with Crippen molar-refractivity contribution >= 4 is 34.7 Å². The summed E-state index contributed by atoms with van der Waals surface area (Å²) in [6, 6.07) is 4.11. The van der Waals surface area contributed by atoms with Crippen LogP contribution in [-0.2, 0) is 16.0 Å². The van der Waals surface area contributed by atoms with E-state index in [9.17, 15) is 23.9 Å². The lowest BCUT2D eigenvalue weighted by molar-refractivity contribution is -0.135. The van der Waals surface area contributed by atoms with Gasteiger partial charge in [-0.3, -0.25) is 14.4 Å². The second-order valence-corrected chi connectivity index (χ2v) is 15.0. The van der Waals surface area contributed by atoms with Crippen molar-refractivity contribution in [2.75, 3.05) is 18.4 Å². The number of thiazole rings is 1. The van der Waals surface area contributed by atoms with Crippen LogP contribution in [0, 0.1) is 17.2 Å². The number of aromatic nitrogens is 1. The maximum absolute atomic E-state index is 14.7. The number of amides is 3. The minimum atomic E-state index is -0.919. The van der Waals surface area contributed by atoms with Gasteiger partial charge in [-0.15, -0.1) is 11.3 Å². The highest BCUT2D eigenvalue weighted by Crippen LogP contribution is 2.29. The van der Waals surface area contributed by atoms with Gasteiger partial charge in [-0.1, -0.05) is 80.2 Å². The van der Waals surface area contributed by atoms with Crippen molar-refractivity contribution in [1.82, 2.24) is 15.2 Å². The lowest BCUT2D eigenvalue weighted by Crippen LogP contribution is -2.44. The van der Waals surface area contributed by atoms with Crippen LogP contribution in [0.1, 0.15) is 133 Å². The summed E-state index contributed by atoms with van der Waals surface area (Å²) in [4.78, 5) is 44.8. The molecule has 0 saturated carbocycles. The summed E-state index contributed by atoms with van der Waals surface area (Å²) in [6.07, 6.45) is 6.97. The Morgan fingerprint density at radius 1 is 1.09 bits per heavy atom. The molecule has 5 N–H and O–H groups in total. The molecular formula is C36H58FN5O4S. The highest BCUT2D eigenvalue weighted by molar-refractivity contribution is 7.09. The maximum Gasteiger partial charge on any atom is 0.270 e. The number of nitrogens with one attached hydrogen (secondary N) is 2. The number of halogens is 1. The smallest absolute Gasteiger partial charge is 0.270 e. The first-order valence-corrected chi connectivity index (χ1v) is 18.1. The fraction of sp³-hybridized carbons (Fsp3) is 0.667. The van der Waals surface area contributed by atoms with Crippen LogP contribution in [0.3, 0.4) is 0 Å². The number of aliphatic hydroxyl groups excluding tert-OH is 1. The molecule has 2 aromatic rings. The second kappa shape index (κ2) is 19.8. The van der Waals surface area contributed by atoms with Crippen molar-refractivity contribution in [2.45, 2.75) is 131 Å². The minimum Gasteiger partial charge on any atom is -0.386 e. The van der Waals surface area contributed by atoms with Crippen LogP contribution in [0.25, 0.3) is 0 Å². The average molecular weight is 676 g/mol. The van der Waals surface area contributed by atoms with E-state index in [0.717, 1.165) is 38.5 Å². The normalized spacial score (nSPS) is 13.7. The molecule has 0 aliphatic carbocycles. The molecule has 264 valence electrons. The van der Waals surface area contributed by atoms with Gasteiger partial charge in [-0.25, -0.2) is 9.37 Å². The molecule has 0 spiro atoms. The summed E-state index contributed by atoms with van der Waals surface area (Å²) >= 11 is 1.23. The van der Waals surface area contributed by atoms with Crippen molar-refractivity contribution in [3.05, 3.63) is 45.7 Å². The van der Waals surface area contributed by atoms with Crippen molar-refractivity contribution < 1.29 is 23.9 Å². The van der Waals surface area contributed by atoms with Gasteiger partial charge in [0.05, 0.1) is 12.2 Å². The highest BCUT2D eigenvalue weighted by Gasteiger charge is 2.30. The molecule has 3 amide bonds. The van der Waals surface area contributed by atoms with Crippen LogP contribution in [0.4, 0.5) is 10.1 Å². The average Bonchev–Trinajstić information content (AvgIpc) is 3.50. The van der Waals surface area contributed by atoms with E-state index in [1.807, 2.05) is 4.90 Å². The van der Waals surface area contributed by atoms with Gasteiger partial charge in [0.1, 0.15) is 22.6 Å². The molecule has 11 heteroatoms. The summed E-state index contributed by atoms with van der Waals surface area (Å²) in [5.41, 5.74) is 6.14. The Morgan fingerprint density at radius 3 is 2.38 bits per heavy atom. The van der Waals surface area contributed by atoms with Gasteiger partial charge < -0.3 is 26.4 Å². The molecule has 47 heavy (non-hydrogen) atoms. The summed E-state index contributed by atoms with van der Waals surface area (Å²) in [5, 5.41) is 18.9. The monoisotopic (exact) mass is 675 g/mol. The lowest BCUT2D eigenvalue weighted by atomic mass is 9.85. The third-order valence-electron chi connectivity index (χ3n) is 8.16. The first-order valence-electron chi connectivity index (χ1n) is 17.2. The Morgan fingerprint density at radius 2 is 1.79 bits per heavy atom. The van der Waals surface area contributed by atoms with Crippen LogP contribution in [0.2, 0.25) is 0 Å². The molecule has 0 fully saturated rings. The number of nitrogens with zero attached hydrogens (tertiary/aromatic N) is 2. The van der Waals surface area contributed by atoms with Gasteiger partial charge in [0.2, 0.25) is 11.8 Å². The van der Waals surface area contributed by atoms with E-state index >= 15 is 0 Å². The minimum absolute atomic E-state index is 0.0545. The Labute approximate surface area is 285 Å². The Hall–Kier alpha value is -2.89. The molecular weight excluding hydrogens is 617 g/mol. The number of unbranched alkanes of at least 4 members (excludes halogenated alkanes) is 4. The zero-order chi connectivity index (χ0) is 35.1. The van der Waals surface area contributed by atoms with Crippen LogP contribution in [-0.4, -0.2) is 57.9 Å². The first-order chi connectivity index (χ1) is 22.2. The Bertz CT molecular complexity index is 1280. The number of rotatable bonds is 20. The molecule has 0 radical (unpaired) electrons. The van der Waals surface area contributed by atoms with Crippen molar-refractivity contribution in [3.8, 4) is 0 Å². The molecule has 9 nitrogen and oxygen atoms in total. The first kappa shape index (κ1) is 40.3. The van der Waals surface area contributed by atoms with E-state index in [1.165, 1.54) is 23.5 Å². The molecule has 3 atom stereocenters. The van der Waals surface area contributed by atoms with Gasteiger partial charge in [-0.05, 0) is 54.7 Å². The van der Waals surface area contributed by atoms with E-state index in [2.05, 4.69) is 64.1 Å². The van der Waals surface area contributed by atoms with Gasteiger partial charge >= 0.3 is 0 Å². The molecule has 0 aliphatic rings. The number of carbonyl (C=O) groups is 3. The Balaban J connectivity index is 2.18. The SMILES string of the molecule is CCCCCCN(C(=O)CCCC)C(CC(O)c1nc(C(=O)NC(Cc2ccc(NC(=O)CN)c(F)c2)CC(C)(C)C)cs1)C(C)C. The van der Waals surface area contributed by atoms with Crippen LogP contribution < -0.4 is 16.4 Å². The molecule has 3 unspecified atom stereocenters. The summed E-state index contributed by atoms with van der Waals surface area (Å²) < 4.78 is 14.7. The Kier molecular flexibility index (Phi) is 17.0. The third kappa shape index (κ3) is 14.0. The molecule has 2 rings (SSSR count). The predicted molar refractivity (Wildman–Crippen MR) is 189 cm³/mol.